The number of hydrogen-bond acceptors (Lipinski definition) is 6. The molecule has 8 nitrogen and oxygen atoms in total. The van der Waals surface area contributed by atoms with Crippen LogP contribution in [0.2, 0.25) is 0 Å². The minimum atomic E-state index is -0.845. The number of carbonyl (C=O) groups is 3. The molecule has 1 aromatic rings. The number of esters is 1. The summed E-state index contributed by atoms with van der Waals surface area (Å²) in [5.74, 6) is -0.440. The normalized spacial score (nSPS) is 16.0. The number of nitrogens with one attached hydrogen (secondary N) is 2. The molecule has 10 heteroatoms. The first kappa shape index (κ1) is 25.1. The second-order valence-corrected chi connectivity index (χ2v) is 8.74. The third-order valence-corrected chi connectivity index (χ3v) is 5.45. The van der Waals surface area contributed by atoms with Crippen LogP contribution in [0.3, 0.4) is 0 Å². The second kappa shape index (κ2) is 12.0. The molecular formula is C21H28BrN3O5S. The van der Waals surface area contributed by atoms with Gasteiger partial charge in [0.1, 0.15) is 11.8 Å². The molecule has 0 aliphatic carbocycles. The smallest absolute Gasteiger partial charge is 0.308 e. The molecule has 1 unspecified atom stereocenters. The quantitative estimate of drug-likeness (QED) is 0.407. The van der Waals surface area contributed by atoms with Crippen molar-refractivity contribution in [1.82, 2.24) is 15.5 Å². The lowest BCUT2D eigenvalue weighted by Gasteiger charge is -2.36. The highest BCUT2D eigenvalue weighted by Gasteiger charge is 2.34. The SMILES string of the molecule is CCOc1ccc(Br)cc1C(=O)NC(=S)N1CCNC(=O)C1CC(=O)OCCC(C)C. The van der Waals surface area contributed by atoms with Gasteiger partial charge in [0.25, 0.3) is 5.91 Å². The first-order valence-corrected chi connectivity index (χ1v) is 11.4. The highest BCUT2D eigenvalue weighted by atomic mass is 79.9. The largest absolute Gasteiger partial charge is 0.493 e. The molecule has 0 saturated carbocycles. The fourth-order valence-electron chi connectivity index (χ4n) is 2.98. The number of amides is 2. The fourth-order valence-corrected chi connectivity index (χ4v) is 3.66. The minimum absolute atomic E-state index is 0.0715. The third kappa shape index (κ3) is 7.46. The van der Waals surface area contributed by atoms with Crippen LogP contribution in [0.1, 0.15) is 44.0 Å². The summed E-state index contributed by atoms with van der Waals surface area (Å²) in [5.41, 5.74) is 0.310. The first-order chi connectivity index (χ1) is 14.7. The van der Waals surface area contributed by atoms with Gasteiger partial charge in [-0.05, 0) is 49.7 Å². The lowest BCUT2D eigenvalue weighted by molar-refractivity contribution is -0.147. The molecule has 1 aliphatic heterocycles. The zero-order chi connectivity index (χ0) is 23.0. The Morgan fingerprint density at radius 3 is 2.81 bits per heavy atom. The molecule has 1 aliphatic rings. The summed E-state index contributed by atoms with van der Waals surface area (Å²) in [6.45, 7) is 7.32. The van der Waals surface area contributed by atoms with Crippen LogP contribution < -0.4 is 15.4 Å². The van der Waals surface area contributed by atoms with Gasteiger partial charge in [0, 0.05) is 17.6 Å². The summed E-state index contributed by atoms with van der Waals surface area (Å²) in [7, 11) is 0. The van der Waals surface area contributed by atoms with Gasteiger partial charge in [0.15, 0.2) is 5.11 Å². The summed E-state index contributed by atoms with van der Waals surface area (Å²) in [6, 6.07) is 4.25. The molecule has 31 heavy (non-hydrogen) atoms. The van der Waals surface area contributed by atoms with E-state index in [0.717, 1.165) is 6.42 Å². The second-order valence-electron chi connectivity index (χ2n) is 7.44. The van der Waals surface area contributed by atoms with E-state index in [1.807, 2.05) is 20.8 Å². The number of benzene rings is 1. The van der Waals surface area contributed by atoms with Crippen molar-refractivity contribution in [2.24, 2.45) is 5.92 Å². The Hall–Kier alpha value is -2.20. The van der Waals surface area contributed by atoms with Gasteiger partial charge in [0.05, 0.1) is 25.2 Å². The zero-order valence-corrected chi connectivity index (χ0v) is 20.3. The van der Waals surface area contributed by atoms with E-state index in [1.165, 1.54) is 0 Å². The van der Waals surface area contributed by atoms with Crippen LogP contribution in [0.5, 0.6) is 5.75 Å². The monoisotopic (exact) mass is 513 g/mol. The van der Waals surface area contributed by atoms with Crippen LogP contribution in [0, 0.1) is 5.92 Å². The van der Waals surface area contributed by atoms with Crippen molar-refractivity contribution in [3.8, 4) is 5.75 Å². The Labute approximate surface area is 196 Å². The van der Waals surface area contributed by atoms with E-state index in [1.54, 1.807) is 23.1 Å². The standard InChI is InChI=1S/C21H28BrN3O5S/c1-4-29-17-6-5-14(22)11-15(17)19(27)24-21(31)25-9-8-23-20(28)16(25)12-18(26)30-10-7-13(2)3/h5-6,11,13,16H,4,7-10,12H2,1-3H3,(H,23,28)(H,24,27,31). The lowest BCUT2D eigenvalue weighted by atomic mass is 10.1. The Morgan fingerprint density at radius 1 is 1.39 bits per heavy atom. The topological polar surface area (TPSA) is 97.0 Å². The number of hydrogen-bond donors (Lipinski definition) is 2. The highest BCUT2D eigenvalue weighted by molar-refractivity contribution is 9.10. The van der Waals surface area contributed by atoms with Crippen molar-refractivity contribution in [3.05, 3.63) is 28.2 Å². The van der Waals surface area contributed by atoms with E-state index in [4.69, 9.17) is 21.7 Å². The van der Waals surface area contributed by atoms with Crippen molar-refractivity contribution >= 4 is 51.0 Å². The summed E-state index contributed by atoms with van der Waals surface area (Å²) in [5, 5.41) is 5.46. The summed E-state index contributed by atoms with van der Waals surface area (Å²) < 4.78 is 11.5. The summed E-state index contributed by atoms with van der Waals surface area (Å²) >= 11 is 8.75. The highest BCUT2D eigenvalue weighted by Crippen LogP contribution is 2.23. The average molecular weight is 514 g/mol. The maximum atomic E-state index is 12.8. The van der Waals surface area contributed by atoms with Gasteiger partial charge in [-0.3, -0.25) is 19.7 Å². The first-order valence-electron chi connectivity index (χ1n) is 10.2. The Morgan fingerprint density at radius 2 is 2.13 bits per heavy atom. The van der Waals surface area contributed by atoms with E-state index in [0.29, 0.717) is 48.0 Å². The van der Waals surface area contributed by atoms with E-state index in [-0.39, 0.29) is 17.4 Å². The summed E-state index contributed by atoms with van der Waals surface area (Å²) in [4.78, 5) is 39.0. The van der Waals surface area contributed by atoms with Gasteiger partial charge in [-0.25, -0.2) is 0 Å². The van der Waals surface area contributed by atoms with Gasteiger partial charge < -0.3 is 19.7 Å². The van der Waals surface area contributed by atoms with E-state index < -0.39 is 17.9 Å². The molecule has 1 heterocycles. The molecule has 1 atom stereocenters. The predicted molar refractivity (Wildman–Crippen MR) is 124 cm³/mol. The van der Waals surface area contributed by atoms with Crippen LogP contribution in [-0.2, 0) is 14.3 Å². The number of piperazine rings is 1. The van der Waals surface area contributed by atoms with Gasteiger partial charge in [-0.15, -0.1) is 0 Å². The van der Waals surface area contributed by atoms with Crippen molar-refractivity contribution in [1.29, 1.82) is 0 Å². The van der Waals surface area contributed by atoms with E-state index in [9.17, 15) is 14.4 Å². The number of carbonyl (C=O) groups excluding carboxylic acids is 3. The summed E-state index contributed by atoms with van der Waals surface area (Å²) in [6.07, 6.45) is 0.594. The molecule has 0 aromatic heterocycles. The zero-order valence-electron chi connectivity index (χ0n) is 17.9. The van der Waals surface area contributed by atoms with E-state index in [2.05, 4.69) is 26.6 Å². The Bertz CT molecular complexity index is 833. The number of nitrogens with zero attached hydrogens (tertiary/aromatic N) is 1. The lowest BCUT2D eigenvalue weighted by Crippen LogP contribution is -2.60. The van der Waals surface area contributed by atoms with Crippen molar-refractivity contribution in [2.75, 3.05) is 26.3 Å². The van der Waals surface area contributed by atoms with Crippen molar-refractivity contribution in [2.45, 2.75) is 39.7 Å². The molecule has 0 spiro atoms. The maximum absolute atomic E-state index is 12.8. The van der Waals surface area contributed by atoms with Gasteiger partial charge >= 0.3 is 5.97 Å². The Balaban J connectivity index is 2.07. The molecule has 2 amide bonds. The number of halogens is 1. The fraction of sp³-hybridized carbons (Fsp3) is 0.524. The predicted octanol–water partition coefficient (Wildman–Crippen LogP) is 2.64. The van der Waals surface area contributed by atoms with Crippen LogP contribution in [0.25, 0.3) is 0 Å². The molecule has 1 fully saturated rings. The molecular weight excluding hydrogens is 486 g/mol. The third-order valence-electron chi connectivity index (χ3n) is 4.62. The molecule has 170 valence electrons. The Kier molecular flexibility index (Phi) is 9.70. The van der Waals surface area contributed by atoms with Crippen LogP contribution in [0.4, 0.5) is 0 Å². The molecule has 1 saturated heterocycles. The van der Waals surface area contributed by atoms with Crippen molar-refractivity contribution < 1.29 is 23.9 Å². The van der Waals surface area contributed by atoms with Crippen LogP contribution in [-0.4, -0.2) is 60.1 Å². The van der Waals surface area contributed by atoms with Gasteiger partial charge in [-0.2, -0.15) is 0 Å². The maximum Gasteiger partial charge on any atom is 0.308 e. The van der Waals surface area contributed by atoms with E-state index >= 15 is 0 Å². The van der Waals surface area contributed by atoms with Gasteiger partial charge in [-0.1, -0.05) is 29.8 Å². The molecule has 0 radical (unpaired) electrons. The molecule has 2 N–H and O–H groups in total. The van der Waals surface area contributed by atoms with Gasteiger partial charge in [0.2, 0.25) is 5.91 Å². The molecule has 0 bridgehead atoms. The number of thiocarbonyl (C=S) groups is 1. The van der Waals surface area contributed by atoms with Crippen molar-refractivity contribution in [3.63, 3.8) is 0 Å². The average Bonchev–Trinajstić information content (AvgIpc) is 2.70. The molecule has 2 rings (SSSR count). The number of rotatable bonds is 8. The van der Waals surface area contributed by atoms with Crippen LogP contribution in [0.15, 0.2) is 22.7 Å². The van der Waals surface area contributed by atoms with Crippen LogP contribution >= 0.6 is 28.1 Å². The number of ether oxygens (including phenoxy) is 2. The molecule has 1 aromatic carbocycles. The minimum Gasteiger partial charge on any atom is -0.493 e.